The molecule has 0 radical (unpaired) electrons. The zero-order valence-corrected chi connectivity index (χ0v) is 28.8. The van der Waals surface area contributed by atoms with Crippen molar-refractivity contribution in [3.05, 3.63) is 0 Å². The summed E-state index contributed by atoms with van der Waals surface area (Å²) in [7, 11) is 0. The quantitative estimate of drug-likeness (QED) is 0.142. The molecule has 0 fully saturated rings. The molecule has 7 N–H and O–H groups in total. The van der Waals surface area contributed by atoms with Crippen molar-refractivity contribution in [2.24, 2.45) is 58.6 Å². The Balaban J connectivity index is -0.000000153. The van der Waals surface area contributed by atoms with E-state index in [1.54, 1.807) is 0 Å². The number of aliphatic hydroxyl groups excluding tert-OH is 1. The molecule has 43 heavy (non-hydrogen) atoms. The fourth-order valence-corrected chi connectivity index (χ4v) is 4.07. The van der Waals surface area contributed by atoms with Gasteiger partial charge in [-0.3, -0.25) is 14.4 Å². The number of nitrogens with two attached hydrogens (primary N) is 3. The van der Waals surface area contributed by atoms with Crippen molar-refractivity contribution in [2.75, 3.05) is 6.61 Å². The Hall–Kier alpha value is -2.29. The molecule has 0 aromatic carbocycles. The Bertz CT molecular complexity index is 694. The van der Waals surface area contributed by atoms with E-state index in [0.717, 1.165) is 18.8 Å². The van der Waals surface area contributed by atoms with Crippen LogP contribution < -0.4 is 17.2 Å². The number of primary amides is 3. The standard InChI is InChI=1S/2C10H19NO2.C7H15NO2.C6H14.CH4/c2*1-7(2)6-9(10(11)13)5-4-8(3)12;1-5(2)3-6(4-9)7(8)10;1-4-5-6(2)3;/h2*7,9H,4-6H2,1-3H3,(H2,11,13);5-6,9H,3-4H2,1-2H3,(H2,8,10);6H,4-5H2,1-3H3;1H4. The lowest BCUT2D eigenvalue weighted by molar-refractivity contribution is -0.124. The third kappa shape index (κ3) is 41.9. The lowest BCUT2D eigenvalue weighted by Gasteiger charge is -2.14. The van der Waals surface area contributed by atoms with E-state index in [-0.39, 0.29) is 55.2 Å². The third-order valence-electron chi connectivity index (χ3n) is 6.25. The Morgan fingerprint density at radius 1 is 0.535 bits per heavy atom. The normalized spacial score (nSPS) is 12.4. The van der Waals surface area contributed by atoms with Gasteiger partial charge < -0.3 is 31.9 Å². The molecule has 3 unspecified atom stereocenters. The molecule has 0 aliphatic heterocycles. The van der Waals surface area contributed by atoms with Crippen molar-refractivity contribution < 1.29 is 29.1 Å². The number of hydrogen-bond acceptors (Lipinski definition) is 6. The maximum absolute atomic E-state index is 11.0. The highest BCUT2D eigenvalue weighted by Crippen LogP contribution is 2.17. The van der Waals surface area contributed by atoms with Crippen molar-refractivity contribution in [3.63, 3.8) is 0 Å². The number of hydrogen-bond donors (Lipinski definition) is 4. The van der Waals surface area contributed by atoms with Gasteiger partial charge in [-0.1, -0.05) is 82.6 Å². The lowest BCUT2D eigenvalue weighted by Crippen LogP contribution is -2.27. The predicted molar refractivity (Wildman–Crippen MR) is 180 cm³/mol. The second kappa shape index (κ2) is 31.1. The molecular weight excluding hydrogens is 546 g/mol. The van der Waals surface area contributed by atoms with Crippen LogP contribution in [-0.4, -0.2) is 41.0 Å². The van der Waals surface area contributed by atoms with Crippen molar-refractivity contribution in [1.29, 1.82) is 0 Å². The summed E-state index contributed by atoms with van der Waals surface area (Å²) < 4.78 is 0. The largest absolute Gasteiger partial charge is 0.396 e. The molecule has 9 heteroatoms. The molecule has 0 aliphatic rings. The fourth-order valence-electron chi connectivity index (χ4n) is 4.07. The molecular formula is C34H71N3O6. The fraction of sp³-hybridized carbons (Fsp3) is 0.853. The van der Waals surface area contributed by atoms with Crippen LogP contribution in [0.2, 0.25) is 0 Å². The summed E-state index contributed by atoms with van der Waals surface area (Å²) in [6, 6.07) is 0. The van der Waals surface area contributed by atoms with E-state index in [1.807, 2.05) is 41.5 Å². The Kier molecular flexibility index (Phi) is 36.5. The first-order valence-electron chi connectivity index (χ1n) is 15.7. The monoisotopic (exact) mass is 618 g/mol. The summed E-state index contributed by atoms with van der Waals surface area (Å²) in [6.07, 6.45) is 7.06. The zero-order valence-electron chi connectivity index (χ0n) is 28.8. The van der Waals surface area contributed by atoms with Crippen molar-refractivity contribution in [1.82, 2.24) is 0 Å². The SMILES string of the molecule is C.CC(=O)CCC(CC(C)C)C(N)=O.CC(=O)CCC(CC(C)C)C(N)=O.CC(C)CC(CO)C(N)=O.CCCC(C)C. The molecule has 258 valence electrons. The maximum atomic E-state index is 11.0. The van der Waals surface area contributed by atoms with E-state index in [4.69, 9.17) is 22.3 Å². The first-order chi connectivity index (χ1) is 19.2. The first-order valence-corrected chi connectivity index (χ1v) is 15.7. The van der Waals surface area contributed by atoms with E-state index < -0.39 is 5.91 Å². The van der Waals surface area contributed by atoms with Crippen LogP contribution in [0.25, 0.3) is 0 Å². The average molecular weight is 618 g/mol. The highest BCUT2D eigenvalue weighted by atomic mass is 16.3. The van der Waals surface area contributed by atoms with Crippen LogP contribution in [0.15, 0.2) is 0 Å². The Labute approximate surface area is 264 Å². The maximum Gasteiger partial charge on any atom is 0.222 e. The Morgan fingerprint density at radius 3 is 0.930 bits per heavy atom. The smallest absolute Gasteiger partial charge is 0.222 e. The molecule has 0 aliphatic carbocycles. The number of carbonyl (C=O) groups is 5. The van der Waals surface area contributed by atoms with Gasteiger partial charge in [-0.05, 0) is 69.6 Å². The molecule has 3 atom stereocenters. The van der Waals surface area contributed by atoms with Gasteiger partial charge in [-0.15, -0.1) is 0 Å². The van der Waals surface area contributed by atoms with Crippen LogP contribution in [0.1, 0.15) is 141 Å². The average Bonchev–Trinajstić information content (AvgIpc) is 2.82. The molecule has 9 nitrogen and oxygen atoms in total. The molecule has 0 aromatic rings. The highest BCUT2D eigenvalue weighted by Gasteiger charge is 2.18. The lowest BCUT2D eigenvalue weighted by atomic mass is 9.92. The van der Waals surface area contributed by atoms with Crippen LogP contribution in [0.4, 0.5) is 0 Å². The van der Waals surface area contributed by atoms with E-state index in [1.165, 1.54) is 26.7 Å². The summed E-state index contributed by atoms with van der Waals surface area (Å²) in [5.41, 5.74) is 15.4. The van der Waals surface area contributed by atoms with E-state index in [9.17, 15) is 24.0 Å². The van der Waals surface area contributed by atoms with Gasteiger partial charge in [0.1, 0.15) is 11.6 Å². The second-order valence-electron chi connectivity index (χ2n) is 13.0. The second-order valence-corrected chi connectivity index (χ2v) is 13.0. The van der Waals surface area contributed by atoms with Crippen LogP contribution in [0.5, 0.6) is 0 Å². The molecule has 0 heterocycles. The minimum atomic E-state index is -0.406. The van der Waals surface area contributed by atoms with Crippen LogP contribution in [-0.2, 0) is 24.0 Å². The molecule has 0 rings (SSSR count). The van der Waals surface area contributed by atoms with Gasteiger partial charge in [-0.2, -0.15) is 0 Å². The van der Waals surface area contributed by atoms with Gasteiger partial charge in [0.05, 0.1) is 12.5 Å². The van der Waals surface area contributed by atoms with E-state index in [2.05, 4.69) is 20.8 Å². The molecule has 0 saturated carbocycles. The number of Topliss-reactive ketones (excluding diaryl/α,β-unsaturated/α-hetero) is 2. The number of rotatable bonds is 18. The number of amides is 3. The highest BCUT2D eigenvalue weighted by molar-refractivity contribution is 5.80. The van der Waals surface area contributed by atoms with E-state index >= 15 is 0 Å². The van der Waals surface area contributed by atoms with Gasteiger partial charge in [0.25, 0.3) is 0 Å². The van der Waals surface area contributed by atoms with Gasteiger partial charge in [-0.25, -0.2) is 0 Å². The summed E-state index contributed by atoms with van der Waals surface area (Å²) >= 11 is 0. The summed E-state index contributed by atoms with van der Waals surface area (Å²) in [6.45, 7) is 21.8. The number of ketones is 2. The number of aliphatic hydroxyl groups is 1. The van der Waals surface area contributed by atoms with Gasteiger partial charge in [0.15, 0.2) is 0 Å². The zero-order chi connectivity index (χ0) is 34.0. The number of carbonyl (C=O) groups excluding carboxylic acids is 5. The van der Waals surface area contributed by atoms with Gasteiger partial charge in [0.2, 0.25) is 17.7 Å². The van der Waals surface area contributed by atoms with Crippen LogP contribution in [0, 0.1) is 41.4 Å². The van der Waals surface area contributed by atoms with Crippen molar-refractivity contribution >= 4 is 29.3 Å². The Morgan fingerprint density at radius 2 is 0.814 bits per heavy atom. The molecule has 0 bridgehead atoms. The van der Waals surface area contributed by atoms with Gasteiger partial charge >= 0.3 is 0 Å². The van der Waals surface area contributed by atoms with Crippen molar-refractivity contribution in [2.45, 2.75) is 141 Å². The minimum absolute atomic E-state index is 0. The molecule has 0 spiro atoms. The molecule has 3 amide bonds. The predicted octanol–water partition coefficient (Wildman–Crippen LogP) is 6.21. The summed E-state index contributed by atoms with van der Waals surface area (Å²) in [4.78, 5) is 53.9. The third-order valence-corrected chi connectivity index (χ3v) is 6.25. The van der Waals surface area contributed by atoms with Crippen molar-refractivity contribution in [3.8, 4) is 0 Å². The topological polar surface area (TPSA) is 184 Å². The summed E-state index contributed by atoms with van der Waals surface area (Å²) in [5, 5.41) is 8.64. The first kappa shape index (κ1) is 50.3. The summed E-state index contributed by atoms with van der Waals surface area (Å²) in [5.74, 6) is 0.840. The van der Waals surface area contributed by atoms with E-state index in [0.29, 0.717) is 49.9 Å². The molecule has 0 saturated heterocycles. The molecule has 0 aromatic heterocycles. The van der Waals surface area contributed by atoms with Gasteiger partial charge in [0, 0.05) is 24.7 Å². The minimum Gasteiger partial charge on any atom is -0.396 e. The van der Waals surface area contributed by atoms with Crippen LogP contribution >= 0.6 is 0 Å². The van der Waals surface area contributed by atoms with Crippen LogP contribution in [0.3, 0.4) is 0 Å².